The Balaban J connectivity index is 0.00000312. The van der Waals surface area contributed by atoms with Crippen LogP contribution in [0.1, 0.15) is 0 Å². The Morgan fingerprint density at radius 1 is 1.20 bits per heavy atom. The summed E-state index contributed by atoms with van der Waals surface area (Å²) in [5.74, 6) is -2.25. The highest BCUT2D eigenvalue weighted by atomic mass is 35.5. The minimum atomic E-state index is -4.67. The molecule has 12 heteroatoms. The lowest BCUT2D eigenvalue weighted by Crippen LogP contribution is -2.57. The Morgan fingerprint density at radius 3 is 2.36 bits per heavy atom. The van der Waals surface area contributed by atoms with Gasteiger partial charge in [0.1, 0.15) is 22.6 Å². The lowest BCUT2D eigenvalue weighted by Gasteiger charge is -2.35. The summed E-state index contributed by atoms with van der Waals surface area (Å²) < 4.78 is 92.0. The Morgan fingerprint density at radius 2 is 1.80 bits per heavy atom. The van der Waals surface area contributed by atoms with Gasteiger partial charge in [-0.25, -0.2) is 21.9 Å². The van der Waals surface area contributed by atoms with Crippen LogP contribution in [0.4, 0.5) is 22.0 Å². The molecule has 0 bridgehead atoms. The average Bonchev–Trinajstić information content (AvgIpc) is 2.49. The normalized spacial score (nSPS) is 17.8. The standard InChI is InChI=1S/C13H16F5N3O2S.ClH/c14-9-1-2-10(15)11(7-9)24(22,23)20-8-12(13(16,17)18)21-5-3-19-4-6-21;/h1-2,7,12,19-20H,3-6,8H2;1H. The fourth-order valence-corrected chi connectivity index (χ4v) is 3.52. The maximum Gasteiger partial charge on any atom is 0.405 e. The van der Waals surface area contributed by atoms with Crippen LogP contribution in [-0.4, -0.2) is 58.3 Å². The zero-order valence-corrected chi connectivity index (χ0v) is 14.4. The maximum atomic E-state index is 13.6. The van der Waals surface area contributed by atoms with Crippen LogP contribution in [0.25, 0.3) is 0 Å². The van der Waals surface area contributed by atoms with Gasteiger partial charge in [-0.3, -0.25) is 4.90 Å². The highest BCUT2D eigenvalue weighted by Gasteiger charge is 2.44. The molecule has 0 spiro atoms. The summed E-state index contributed by atoms with van der Waals surface area (Å²) in [7, 11) is -4.61. The van der Waals surface area contributed by atoms with Gasteiger partial charge >= 0.3 is 6.18 Å². The van der Waals surface area contributed by atoms with Gasteiger partial charge in [0.05, 0.1) is 0 Å². The van der Waals surface area contributed by atoms with Gasteiger partial charge in [-0.05, 0) is 18.2 Å². The molecule has 1 aliphatic rings. The van der Waals surface area contributed by atoms with Crippen LogP contribution in [0.5, 0.6) is 0 Å². The van der Waals surface area contributed by atoms with Gasteiger partial charge in [0, 0.05) is 32.7 Å². The highest BCUT2D eigenvalue weighted by molar-refractivity contribution is 7.89. The lowest BCUT2D eigenvalue weighted by atomic mass is 10.2. The molecule has 1 heterocycles. The number of hydrogen-bond acceptors (Lipinski definition) is 4. The number of piperazine rings is 1. The predicted octanol–water partition coefficient (Wildman–Crippen LogP) is 1.50. The molecule has 0 radical (unpaired) electrons. The number of rotatable bonds is 5. The molecule has 2 N–H and O–H groups in total. The third kappa shape index (κ3) is 5.74. The molecular weight excluding hydrogens is 393 g/mol. The van der Waals surface area contributed by atoms with Gasteiger partial charge in [-0.2, -0.15) is 13.2 Å². The lowest BCUT2D eigenvalue weighted by molar-refractivity contribution is -0.182. The van der Waals surface area contributed by atoms with Gasteiger partial charge in [0.2, 0.25) is 10.0 Å². The quantitative estimate of drug-likeness (QED) is 0.724. The van der Waals surface area contributed by atoms with Crippen molar-refractivity contribution in [2.24, 2.45) is 0 Å². The van der Waals surface area contributed by atoms with E-state index in [1.165, 1.54) is 0 Å². The maximum absolute atomic E-state index is 13.6. The van der Waals surface area contributed by atoms with Crippen molar-refractivity contribution < 1.29 is 30.4 Å². The van der Waals surface area contributed by atoms with Crippen LogP contribution in [0, 0.1) is 11.6 Å². The van der Waals surface area contributed by atoms with E-state index in [2.05, 4.69) is 5.32 Å². The van der Waals surface area contributed by atoms with Gasteiger partial charge in [0.15, 0.2) is 0 Å². The van der Waals surface area contributed by atoms with Gasteiger partial charge in [-0.15, -0.1) is 12.4 Å². The summed E-state index contributed by atoms with van der Waals surface area (Å²) in [6.45, 7) is -0.0992. The van der Waals surface area contributed by atoms with Crippen molar-refractivity contribution in [2.45, 2.75) is 17.1 Å². The molecule has 144 valence electrons. The summed E-state index contributed by atoms with van der Waals surface area (Å²) in [5, 5.41) is 2.89. The highest BCUT2D eigenvalue weighted by Crippen LogP contribution is 2.25. The van der Waals surface area contributed by atoms with E-state index >= 15 is 0 Å². The Hall–Kier alpha value is -1.01. The summed E-state index contributed by atoms with van der Waals surface area (Å²) in [4.78, 5) is 0.0738. The second-order valence-corrected chi connectivity index (χ2v) is 7.01. The zero-order chi connectivity index (χ0) is 18.0. The molecule has 1 fully saturated rings. The Bertz CT molecular complexity index is 681. The number of nitrogens with zero attached hydrogens (tertiary/aromatic N) is 1. The van der Waals surface area contributed by atoms with E-state index in [0.29, 0.717) is 31.3 Å². The van der Waals surface area contributed by atoms with Crippen molar-refractivity contribution in [3.05, 3.63) is 29.8 Å². The molecule has 1 aromatic carbocycles. The number of benzene rings is 1. The molecule has 0 aliphatic carbocycles. The van der Waals surface area contributed by atoms with Crippen molar-refractivity contribution in [3.63, 3.8) is 0 Å². The first-order valence-electron chi connectivity index (χ1n) is 7.07. The first kappa shape index (κ1) is 22.0. The molecule has 2 rings (SSSR count). The molecule has 0 aromatic heterocycles. The molecule has 1 aliphatic heterocycles. The van der Waals surface area contributed by atoms with Crippen LogP contribution >= 0.6 is 12.4 Å². The van der Waals surface area contributed by atoms with Gasteiger partial charge < -0.3 is 5.32 Å². The van der Waals surface area contributed by atoms with Crippen LogP contribution in [-0.2, 0) is 10.0 Å². The van der Waals surface area contributed by atoms with E-state index in [9.17, 15) is 30.4 Å². The van der Waals surface area contributed by atoms with Crippen LogP contribution < -0.4 is 10.0 Å². The van der Waals surface area contributed by atoms with Crippen molar-refractivity contribution in [1.29, 1.82) is 0 Å². The smallest absolute Gasteiger partial charge is 0.314 e. The van der Waals surface area contributed by atoms with Crippen molar-refractivity contribution in [1.82, 2.24) is 14.9 Å². The second-order valence-electron chi connectivity index (χ2n) is 5.27. The summed E-state index contributed by atoms with van der Waals surface area (Å²) in [5.41, 5.74) is 0. The molecule has 1 saturated heterocycles. The van der Waals surface area contributed by atoms with Crippen molar-refractivity contribution >= 4 is 22.4 Å². The first-order valence-corrected chi connectivity index (χ1v) is 8.56. The Labute approximate surface area is 148 Å². The minimum Gasteiger partial charge on any atom is -0.314 e. The molecule has 0 saturated carbocycles. The SMILES string of the molecule is Cl.O=S(=O)(NCC(N1CCNCC1)C(F)(F)F)c1cc(F)ccc1F. The van der Waals surface area contributed by atoms with E-state index < -0.39 is 45.3 Å². The number of alkyl halides is 3. The molecule has 5 nitrogen and oxygen atoms in total. The summed E-state index contributed by atoms with van der Waals surface area (Å²) in [6, 6.07) is -0.314. The van der Waals surface area contributed by atoms with E-state index in [1.54, 1.807) is 4.72 Å². The third-order valence-corrected chi connectivity index (χ3v) is 5.06. The summed E-state index contributed by atoms with van der Waals surface area (Å²) >= 11 is 0. The number of sulfonamides is 1. The molecule has 1 aromatic rings. The predicted molar refractivity (Wildman–Crippen MR) is 83.1 cm³/mol. The van der Waals surface area contributed by atoms with E-state index in [0.717, 1.165) is 4.90 Å². The average molecular weight is 410 g/mol. The molecular formula is C13H17ClF5N3O2S. The van der Waals surface area contributed by atoms with Crippen LogP contribution in [0.15, 0.2) is 23.1 Å². The van der Waals surface area contributed by atoms with Crippen LogP contribution in [0.3, 0.4) is 0 Å². The number of hydrogen-bond donors (Lipinski definition) is 2. The second kappa shape index (κ2) is 8.58. The molecule has 1 atom stereocenters. The molecule has 0 amide bonds. The van der Waals surface area contributed by atoms with Crippen LogP contribution in [0.2, 0.25) is 0 Å². The minimum absolute atomic E-state index is 0. The Kier molecular flexibility index (Phi) is 7.56. The monoisotopic (exact) mass is 409 g/mol. The number of nitrogens with one attached hydrogen (secondary N) is 2. The largest absolute Gasteiger partial charge is 0.405 e. The number of halogens is 6. The van der Waals surface area contributed by atoms with Gasteiger partial charge in [-0.1, -0.05) is 0 Å². The molecule has 1 unspecified atom stereocenters. The summed E-state index contributed by atoms with van der Waals surface area (Å²) in [6.07, 6.45) is -4.67. The van der Waals surface area contributed by atoms with Gasteiger partial charge in [0.25, 0.3) is 0 Å². The first-order chi connectivity index (χ1) is 11.1. The zero-order valence-electron chi connectivity index (χ0n) is 12.8. The van der Waals surface area contributed by atoms with E-state index in [1.807, 2.05) is 0 Å². The molecule has 25 heavy (non-hydrogen) atoms. The van der Waals surface area contributed by atoms with Crippen molar-refractivity contribution in [2.75, 3.05) is 32.7 Å². The fraction of sp³-hybridized carbons (Fsp3) is 0.538. The van der Waals surface area contributed by atoms with E-state index in [4.69, 9.17) is 0 Å². The van der Waals surface area contributed by atoms with E-state index in [-0.39, 0.29) is 25.5 Å². The fourth-order valence-electron chi connectivity index (χ4n) is 2.40. The van der Waals surface area contributed by atoms with Crippen molar-refractivity contribution in [3.8, 4) is 0 Å². The third-order valence-electron chi connectivity index (χ3n) is 3.62. The topological polar surface area (TPSA) is 61.4 Å².